The topological polar surface area (TPSA) is 129 Å². The summed E-state index contributed by atoms with van der Waals surface area (Å²) in [6, 6.07) is 8.05. The maximum atomic E-state index is 6.75. The number of aromatic nitrogens is 3. The second kappa shape index (κ2) is 8.55. The molecule has 0 bridgehead atoms. The number of nitrogen functional groups attached to an aromatic ring is 2. The Bertz CT molecular complexity index is 1200. The van der Waals surface area contributed by atoms with E-state index in [1.54, 1.807) is 25.6 Å². The van der Waals surface area contributed by atoms with Gasteiger partial charge in [0.05, 0.1) is 18.3 Å². The number of nitrogens with zero attached hydrogens (tertiary/aromatic N) is 4. The summed E-state index contributed by atoms with van der Waals surface area (Å²) in [7, 11) is 1.69. The summed E-state index contributed by atoms with van der Waals surface area (Å²) in [4.78, 5) is 16.1. The highest BCUT2D eigenvalue weighted by Gasteiger charge is 2.46. The van der Waals surface area contributed by atoms with Crippen LogP contribution < -0.4 is 26.8 Å². The fourth-order valence-electron chi connectivity index (χ4n) is 4.88. The lowest BCUT2D eigenvalue weighted by molar-refractivity contribution is 0.187. The fourth-order valence-corrected chi connectivity index (χ4v) is 5.89. The number of anilines is 3. The van der Waals surface area contributed by atoms with E-state index in [0.29, 0.717) is 15.9 Å². The van der Waals surface area contributed by atoms with Crippen LogP contribution in [0, 0.1) is 5.41 Å². The molecule has 5 rings (SSSR count). The molecule has 3 heterocycles. The third kappa shape index (κ3) is 3.94. The lowest BCUT2D eigenvalue weighted by Gasteiger charge is -2.42. The van der Waals surface area contributed by atoms with Crippen molar-refractivity contribution in [1.82, 2.24) is 15.0 Å². The van der Waals surface area contributed by atoms with Gasteiger partial charge < -0.3 is 26.8 Å². The monoisotopic (exact) mass is 483 g/mol. The van der Waals surface area contributed by atoms with Crippen LogP contribution in [0.4, 0.5) is 17.5 Å². The summed E-state index contributed by atoms with van der Waals surface area (Å²) in [5, 5.41) is 0.975. The van der Waals surface area contributed by atoms with Gasteiger partial charge in [0.25, 0.3) is 0 Å². The third-order valence-electron chi connectivity index (χ3n) is 6.81. The SMILES string of the molecule is COc1ccc2c(c1)[C@@H](N)C1(CCN(c3cnc(Sc4ccnc(N)c4Cl)c(N)n3)CC1)C2. The van der Waals surface area contributed by atoms with Gasteiger partial charge in [0.1, 0.15) is 22.4 Å². The molecular formula is C23H26ClN7OS. The van der Waals surface area contributed by atoms with Crippen LogP contribution >= 0.6 is 23.4 Å². The van der Waals surface area contributed by atoms with Crippen molar-refractivity contribution in [3.8, 4) is 5.75 Å². The first-order chi connectivity index (χ1) is 15.9. The Morgan fingerprint density at radius 1 is 1.15 bits per heavy atom. The Morgan fingerprint density at radius 2 is 1.94 bits per heavy atom. The van der Waals surface area contributed by atoms with E-state index in [4.69, 9.17) is 33.5 Å². The normalized spacial score (nSPS) is 19.0. The Kier molecular flexibility index (Phi) is 5.72. The van der Waals surface area contributed by atoms with Gasteiger partial charge in [0.15, 0.2) is 5.82 Å². The number of methoxy groups -OCH3 is 1. The van der Waals surface area contributed by atoms with Gasteiger partial charge in [-0.2, -0.15) is 0 Å². The van der Waals surface area contributed by atoms with Gasteiger partial charge in [-0.1, -0.05) is 29.4 Å². The molecule has 2 aliphatic rings. The van der Waals surface area contributed by atoms with E-state index >= 15 is 0 Å². The molecule has 1 atom stereocenters. The van der Waals surface area contributed by atoms with Crippen LogP contribution in [0.3, 0.4) is 0 Å². The molecule has 1 saturated heterocycles. The number of fused-ring (bicyclic) bond motifs is 1. The zero-order valence-corrected chi connectivity index (χ0v) is 19.9. The Hall–Kier alpha value is -2.75. The van der Waals surface area contributed by atoms with Crippen LogP contribution in [-0.4, -0.2) is 35.2 Å². The van der Waals surface area contributed by atoms with E-state index < -0.39 is 0 Å². The predicted octanol–water partition coefficient (Wildman–Crippen LogP) is 3.69. The Labute approximate surface area is 201 Å². The number of halogens is 1. The van der Waals surface area contributed by atoms with Crippen molar-refractivity contribution >= 4 is 40.8 Å². The van der Waals surface area contributed by atoms with E-state index in [1.807, 2.05) is 6.07 Å². The molecule has 172 valence electrons. The van der Waals surface area contributed by atoms with E-state index in [1.165, 1.54) is 22.9 Å². The average Bonchev–Trinajstić information content (AvgIpc) is 3.09. The number of benzene rings is 1. The highest BCUT2D eigenvalue weighted by atomic mass is 35.5. The molecule has 0 unspecified atom stereocenters. The minimum atomic E-state index is 0.0113. The summed E-state index contributed by atoms with van der Waals surface area (Å²) in [5.41, 5.74) is 21.4. The summed E-state index contributed by atoms with van der Waals surface area (Å²) in [6.45, 7) is 1.71. The highest BCUT2D eigenvalue weighted by molar-refractivity contribution is 7.99. The molecule has 1 spiro atoms. The van der Waals surface area contributed by atoms with Gasteiger partial charge in [-0.15, -0.1) is 0 Å². The van der Waals surface area contributed by atoms with Crippen molar-refractivity contribution in [3.05, 3.63) is 52.8 Å². The number of piperidine rings is 1. The van der Waals surface area contributed by atoms with E-state index in [2.05, 4.69) is 32.0 Å². The Balaban J connectivity index is 1.29. The summed E-state index contributed by atoms with van der Waals surface area (Å²) < 4.78 is 5.40. The quantitative estimate of drug-likeness (QED) is 0.508. The first kappa shape index (κ1) is 22.1. The molecule has 33 heavy (non-hydrogen) atoms. The zero-order valence-electron chi connectivity index (χ0n) is 18.3. The van der Waals surface area contributed by atoms with Crippen molar-refractivity contribution in [3.63, 3.8) is 0 Å². The van der Waals surface area contributed by atoms with Crippen molar-refractivity contribution in [2.45, 2.75) is 35.2 Å². The van der Waals surface area contributed by atoms with Crippen LogP contribution in [0.2, 0.25) is 5.02 Å². The average molecular weight is 484 g/mol. The third-order valence-corrected chi connectivity index (χ3v) is 8.39. The molecule has 0 saturated carbocycles. The number of nitrogens with two attached hydrogens (primary N) is 3. The van der Waals surface area contributed by atoms with Crippen LogP contribution in [0.25, 0.3) is 0 Å². The molecule has 10 heteroatoms. The summed E-state index contributed by atoms with van der Waals surface area (Å²) in [5.74, 6) is 2.27. The van der Waals surface area contributed by atoms with Gasteiger partial charge >= 0.3 is 0 Å². The van der Waals surface area contributed by atoms with Gasteiger partial charge in [-0.3, -0.25) is 0 Å². The van der Waals surface area contributed by atoms with Gasteiger partial charge in [0, 0.05) is 30.2 Å². The number of hydrogen-bond acceptors (Lipinski definition) is 9. The smallest absolute Gasteiger partial charge is 0.158 e. The molecule has 1 fully saturated rings. The Morgan fingerprint density at radius 3 is 2.67 bits per heavy atom. The van der Waals surface area contributed by atoms with Crippen LogP contribution in [0.1, 0.15) is 30.0 Å². The molecular weight excluding hydrogens is 458 g/mol. The van der Waals surface area contributed by atoms with Gasteiger partial charge in [-0.25, -0.2) is 15.0 Å². The van der Waals surface area contributed by atoms with Crippen LogP contribution in [-0.2, 0) is 6.42 Å². The second-order valence-electron chi connectivity index (χ2n) is 8.60. The molecule has 1 aromatic carbocycles. The van der Waals surface area contributed by atoms with Crippen LogP contribution in [0.15, 0.2) is 46.6 Å². The van der Waals surface area contributed by atoms with Crippen LogP contribution in [0.5, 0.6) is 5.75 Å². The molecule has 0 radical (unpaired) electrons. The minimum Gasteiger partial charge on any atom is -0.497 e. The van der Waals surface area contributed by atoms with Gasteiger partial charge in [-0.05, 0) is 54.0 Å². The molecule has 1 aliphatic heterocycles. The number of ether oxygens (including phenoxy) is 1. The van der Waals surface area contributed by atoms with E-state index in [-0.39, 0.29) is 17.3 Å². The lowest BCUT2D eigenvalue weighted by atomic mass is 9.73. The number of rotatable bonds is 4. The van der Waals surface area contributed by atoms with Crippen molar-refractivity contribution in [1.29, 1.82) is 0 Å². The highest BCUT2D eigenvalue weighted by Crippen LogP contribution is 2.51. The van der Waals surface area contributed by atoms with E-state index in [0.717, 1.165) is 48.8 Å². The molecule has 2 aromatic heterocycles. The number of hydrogen-bond donors (Lipinski definition) is 3. The fraction of sp³-hybridized carbons (Fsp3) is 0.348. The standard InChI is InChI=1S/C23H26ClN7OS/c1-32-14-3-2-13-11-23(19(25)15(13)10-14)5-8-31(9-6-23)17-12-29-22(21(27)30-17)33-16-4-7-28-20(26)18(16)24/h2-4,7,10,12,19H,5-6,8-9,11,25H2,1H3,(H2,26,28)(H2,27,30)/t19-/m1/s1. The van der Waals surface area contributed by atoms with E-state index in [9.17, 15) is 0 Å². The van der Waals surface area contributed by atoms with Crippen molar-refractivity contribution in [2.24, 2.45) is 11.1 Å². The molecule has 1 aliphatic carbocycles. The maximum Gasteiger partial charge on any atom is 0.158 e. The summed E-state index contributed by atoms with van der Waals surface area (Å²) >= 11 is 7.57. The van der Waals surface area contributed by atoms with Gasteiger partial charge in [0.2, 0.25) is 0 Å². The lowest BCUT2D eigenvalue weighted by Crippen LogP contribution is -2.44. The van der Waals surface area contributed by atoms with Crippen molar-refractivity contribution < 1.29 is 4.74 Å². The zero-order chi connectivity index (χ0) is 23.2. The predicted molar refractivity (Wildman–Crippen MR) is 132 cm³/mol. The molecule has 8 nitrogen and oxygen atoms in total. The largest absolute Gasteiger partial charge is 0.497 e. The first-order valence-corrected chi connectivity index (χ1v) is 12.0. The summed E-state index contributed by atoms with van der Waals surface area (Å²) in [6.07, 6.45) is 6.33. The number of pyridine rings is 1. The van der Waals surface area contributed by atoms with Crippen molar-refractivity contribution in [2.75, 3.05) is 36.6 Å². The first-order valence-electron chi connectivity index (χ1n) is 10.8. The maximum absolute atomic E-state index is 6.75. The molecule has 3 aromatic rings. The molecule has 6 N–H and O–H groups in total. The molecule has 0 amide bonds. The minimum absolute atomic E-state index is 0.0113. The second-order valence-corrected chi connectivity index (χ2v) is 10.0.